The minimum atomic E-state index is -0.956. The molecule has 0 bridgehead atoms. The summed E-state index contributed by atoms with van der Waals surface area (Å²) in [4.78, 5) is 26.7. The quantitative estimate of drug-likeness (QED) is 0.481. The normalized spacial score (nSPS) is 15.2. The third-order valence-electron chi connectivity index (χ3n) is 3.43. The van der Waals surface area contributed by atoms with Crippen LogP contribution in [-0.4, -0.2) is 32.7 Å². The van der Waals surface area contributed by atoms with E-state index in [-0.39, 0.29) is 18.9 Å². The summed E-state index contributed by atoms with van der Waals surface area (Å²) in [5, 5.41) is 8.77. The molecule has 0 saturated carbocycles. The SMILES string of the molecule is O=C(O)CCN1C(=O)/C(=C\c2ccc(C#Cc3ccccc3)s2)SC1=S. The highest BCUT2D eigenvalue weighted by atomic mass is 32.2. The van der Waals surface area contributed by atoms with Gasteiger partial charge in [-0.25, -0.2) is 0 Å². The average Bonchev–Trinajstić information content (AvgIpc) is 3.17. The van der Waals surface area contributed by atoms with E-state index in [1.165, 1.54) is 28.0 Å². The van der Waals surface area contributed by atoms with Gasteiger partial charge in [-0.15, -0.1) is 11.3 Å². The van der Waals surface area contributed by atoms with Gasteiger partial charge in [0.25, 0.3) is 5.91 Å². The largest absolute Gasteiger partial charge is 0.481 e. The van der Waals surface area contributed by atoms with Gasteiger partial charge in [-0.1, -0.05) is 54.0 Å². The van der Waals surface area contributed by atoms with Crippen LogP contribution in [0.3, 0.4) is 0 Å². The Morgan fingerprint density at radius 3 is 2.69 bits per heavy atom. The van der Waals surface area contributed by atoms with Crippen LogP contribution in [0.25, 0.3) is 6.08 Å². The van der Waals surface area contributed by atoms with Crippen LogP contribution >= 0.6 is 35.3 Å². The number of carboxylic acid groups (broad SMARTS) is 1. The summed E-state index contributed by atoms with van der Waals surface area (Å²) < 4.78 is 0.392. The first kappa shape index (κ1) is 18.4. The number of carbonyl (C=O) groups excluding carboxylic acids is 1. The summed E-state index contributed by atoms with van der Waals surface area (Å²) in [7, 11) is 0. The minimum Gasteiger partial charge on any atom is -0.481 e. The second kappa shape index (κ2) is 8.32. The Morgan fingerprint density at radius 2 is 1.96 bits per heavy atom. The molecule has 4 nitrogen and oxygen atoms in total. The first-order valence-electron chi connectivity index (χ1n) is 7.67. The van der Waals surface area contributed by atoms with Crippen molar-refractivity contribution in [3.05, 3.63) is 62.7 Å². The van der Waals surface area contributed by atoms with Gasteiger partial charge in [-0.2, -0.15) is 0 Å². The molecule has 0 spiro atoms. The molecule has 26 heavy (non-hydrogen) atoms. The first-order chi connectivity index (χ1) is 12.5. The molecular formula is C19H13NO3S3. The van der Waals surface area contributed by atoms with Crippen LogP contribution in [0.4, 0.5) is 0 Å². The van der Waals surface area contributed by atoms with Crippen molar-refractivity contribution in [1.82, 2.24) is 4.90 Å². The fraction of sp³-hybridized carbons (Fsp3) is 0.105. The van der Waals surface area contributed by atoms with Crippen LogP contribution in [0.15, 0.2) is 47.4 Å². The maximum absolute atomic E-state index is 12.4. The van der Waals surface area contributed by atoms with Gasteiger partial charge in [0, 0.05) is 17.0 Å². The molecular weight excluding hydrogens is 386 g/mol. The lowest BCUT2D eigenvalue weighted by atomic mass is 10.2. The van der Waals surface area contributed by atoms with E-state index in [0.29, 0.717) is 9.23 Å². The van der Waals surface area contributed by atoms with Crippen LogP contribution in [0.1, 0.15) is 21.7 Å². The van der Waals surface area contributed by atoms with Crippen LogP contribution in [0.5, 0.6) is 0 Å². The van der Waals surface area contributed by atoms with E-state index >= 15 is 0 Å². The molecule has 0 unspecified atom stereocenters. The van der Waals surface area contributed by atoms with Crippen molar-refractivity contribution in [2.75, 3.05) is 6.54 Å². The zero-order valence-corrected chi connectivity index (χ0v) is 15.9. The molecule has 1 fully saturated rings. The van der Waals surface area contributed by atoms with Crippen molar-refractivity contribution in [1.29, 1.82) is 0 Å². The minimum absolute atomic E-state index is 0.0928. The Morgan fingerprint density at radius 1 is 1.19 bits per heavy atom. The topological polar surface area (TPSA) is 57.6 Å². The van der Waals surface area contributed by atoms with Gasteiger partial charge in [0.05, 0.1) is 16.2 Å². The molecule has 0 aliphatic carbocycles. The Bertz CT molecular complexity index is 951. The molecule has 1 aromatic heterocycles. The highest BCUT2D eigenvalue weighted by Gasteiger charge is 2.32. The zero-order valence-electron chi connectivity index (χ0n) is 13.5. The Hall–Kier alpha value is -2.40. The average molecular weight is 400 g/mol. The maximum atomic E-state index is 12.4. The number of nitrogens with zero attached hydrogens (tertiary/aromatic N) is 1. The van der Waals surface area contributed by atoms with Gasteiger partial charge < -0.3 is 5.11 Å². The van der Waals surface area contributed by atoms with E-state index in [1.807, 2.05) is 42.5 Å². The Balaban J connectivity index is 1.72. The lowest BCUT2D eigenvalue weighted by Crippen LogP contribution is -2.30. The maximum Gasteiger partial charge on any atom is 0.305 e. The molecule has 3 rings (SSSR count). The summed E-state index contributed by atoms with van der Waals surface area (Å²) in [6, 6.07) is 13.5. The Labute approximate surface area is 164 Å². The summed E-state index contributed by atoms with van der Waals surface area (Å²) in [6.45, 7) is 0.0928. The third-order valence-corrected chi connectivity index (χ3v) is 5.75. The lowest BCUT2D eigenvalue weighted by Gasteiger charge is -2.12. The molecule has 2 aromatic rings. The second-order valence-electron chi connectivity index (χ2n) is 5.30. The molecule has 0 atom stereocenters. The van der Waals surface area contributed by atoms with Gasteiger partial charge in [0.1, 0.15) is 4.32 Å². The molecule has 1 saturated heterocycles. The summed E-state index contributed by atoms with van der Waals surface area (Å²) in [5.74, 6) is 5.02. The monoisotopic (exact) mass is 399 g/mol. The van der Waals surface area contributed by atoms with Gasteiger partial charge in [0.2, 0.25) is 0 Å². The number of rotatable bonds is 4. The molecule has 1 aliphatic rings. The predicted molar refractivity (Wildman–Crippen MR) is 109 cm³/mol. The van der Waals surface area contributed by atoms with E-state index in [4.69, 9.17) is 17.3 Å². The van der Waals surface area contributed by atoms with Crippen molar-refractivity contribution in [2.45, 2.75) is 6.42 Å². The van der Waals surface area contributed by atoms with Gasteiger partial charge in [-0.05, 0) is 30.3 Å². The molecule has 2 heterocycles. The summed E-state index contributed by atoms with van der Waals surface area (Å²) in [5.41, 5.74) is 0.946. The molecule has 1 amide bonds. The number of amides is 1. The van der Waals surface area contributed by atoms with E-state index in [9.17, 15) is 9.59 Å². The summed E-state index contributed by atoms with van der Waals surface area (Å²) >= 11 is 7.86. The van der Waals surface area contributed by atoms with E-state index < -0.39 is 5.97 Å². The van der Waals surface area contributed by atoms with Gasteiger partial charge in [-0.3, -0.25) is 14.5 Å². The van der Waals surface area contributed by atoms with Crippen molar-refractivity contribution in [3.8, 4) is 11.8 Å². The van der Waals surface area contributed by atoms with Crippen LogP contribution in [0.2, 0.25) is 0 Å². The van der Waals surface area contributed by atoms with Crippen LogP contribution in [0, 0.1) is 11.8 Å². The second-order valence-corrected chi connectivity index (χ2v) is 8.09. The van der Waals surface area contributed by atoms with Crippen molar-refractivity contribution in [3.63, 3.8) is 0 Å². The highest BCUT2D eigenvalue weighted by Crippen LogP contribution is 2.33. The van der Waals surface area contributed by atoms with E-state index in [2.05, 4.69) is 11.8 Å². The van der Waals surface area contributed by atoms with Crippen LogP contribution < -0.4 is 0 Å². The number of thiocarbonyl (C=S) groups is 1. The number of carbonyl (C=O) groups is 2. The van der Waals surface area contributed by atoms with Crippen LogP contribution in [-0.2, 0) is 9.59 Å². The number of aliphatic carboxylic acids is 1. The molecule has 1 N–H and O–H groups in total. The van der Waals surface area contributed by atoms with Crippen molar-refractivity contribution >= 4 is 57.6 Å². The number of hydrogen-bond donors (Lipinski definition) is 1. The third kappa shape index (κ3) is 4.61. The van der Waals surface area contributed by atoms with Crippen molar-refractivity contribution in [2.24, 2.45) is 0 Å². The lowest BCUT2D eigenvalue weighted by molar-refractivity contribution is -0.137. The van der Waals surface area contributed by atoms with Gasteiger partial charge in [0.15, 0.2) is 0 Å². The molecule has 1 aromatic carbocycles. The fourth-order valence-corrected chi connectivity index (χ4v) is 4.36. The van der Waals surface area contributed by atoms with E-state index in [0.717, 1.165) is 15.3 Å². The fourth-order valence-electron chi connectivity index (χ4n) is 2.18. The Kier molecular flexibility index (Phi) is 5.89. The molecule has 130 valence electrons. The van der Waals surface area contributed by atoms with E-state index in [1.54, 1.807) is 6.08 Å². The van der Waals surface area contributed by atoms with Gasteiger partial charge >= 0.3 is 5.97 Å². The molecule has 1 aliphatic heterocycles. The molecule has 0 radical (unpaired) electrons. The first-order valence-corrected chi connectivity index (χ1v) is 9.71. The number of thioether (sulfide) groups is 1. The smallest absolute Gasteiger partial charge is 0.305 e. The van der Waals surface area contributed by atoms with Crippen molar-refractivity contribution < 1.29 is 14.7 Å². The standard InChI is InChI=1S/C19H13NO3S3/c21-17(22)10-11-20-18(23)16(26-19(20)24)12-15-9-8-14(25-15)7-6-13-4-2-1-3-5-13/h1-5,8-9,12H,10-11H2,(H,21,22)/b16-12+. The number of benzene rings is 1. The predicted octanol–water partition coefficient (Wildman–Crippen LogP) is 3.82. The summed E-state index contributed by atoms with van der Waals surface area (Å²) in [6.07, 6.45) is 1.65. The zero-order chi connectivity index (χ0) is 18.5. The number of hydrogen-bond acceptors (Lipinski definition) is 5. The highest BCUT2D eigenvalue weighted by molar-refractivity contribution is 8.26. The number of carboxylic acids is 1. The molecule has 7 heteroatoms. The number of thiophene rings is 1.